The summed E-state index contributed by atoms with van der Waals surface area (Å²) < 4.78 is 10.5. The first kappa shape index (κ1) is 9.64. The molecule has 3 saturated carbocycles. The van der Waals surface area contributed by atoms with Crippen LogP contribution in [-0.4, -0.2) is 18.9 Å². The number of rotatable bonds is 3. The second-order valence-corrected chi connectivity index (χ2v) is 5.70. The van der Waals surface area contributed by atoms with Crippen LogP contribution < -0.4 is 0 Å². The van der Waals surface area contributed by atoms with Gasteiger partial charge in [-0.05, 0) is 30.1 Å². The first-order valence-corrected chi connectivity index (χ1v) is 5.76. The Morgan fingerprint density at radius 1 is 1.33 bits per heavy atom. The van der Waals surface area contributed by atoms with Crippen LogP contribution in [0.1, 0.15) is 33.6 Å². The molecule has 5 unspecified atom stereocenters. The summed E-state index contributed by atoms with van der Waals surface area (Å²) in [6, 6.07) is 0. The fourth-order valence-electron chi connectivity index (χ4n) is 4.41. The topological polar surface area (TPSA) is 35.5 Å². The van der Waals surface area contributed by atoms with E-state index in [4.69, 9.17) is 9.47 Å². The fourth-order valence-corrected chi connectivity index (χ4v) is 4.41. The molecule has 3 nitrogen and oxygen atoms in total. The zero-order valence-corrected chi connectivity index (χ0v) is 9.58. The predicted molar refractivity (Wildman–Crippen MR) is 53.9 cm³/mol. The van der Waals surface area contributed by atoms with Crippen molar-refractivity contribution in [2.75, 3.05) is 6.79 Å². The summed E-state index contributed by atoms with van der Waals surface area (Å²) in [5.74, 6) is 1.46. The van der Waals surface area contributed by atoms with Gasteiger partial charge in [-0.1, -0.05) is 13.8 Å². The van der Waals surface area contributed by atoms with Gasteiger partial charge in [0.2, 0.25) is 0 Å². The van der Waals surface area contributed by atoms with E-state index in [-0.39, 0.29) is 12.8 Å². The summed E-state index contributed by atoms with van der Waals surface area (Å²) in [6.07, 6.45) is 2.86. The zero-order valence-electron chi connectivity index (χ0n) is 9.58. The van der Waals surface area contributed by atoms with Crippen LogP contribution >= 0.6 is 0 Å². The van der Waals surface area contributed by atoms with Crippen LogP contribution in [0.3, 0.4) is 0 Å². The molecule has 15 heavy (non-hydrogen) atoms. The average Bonchev–Trinajstić information content (AvgIpc) is 2.47. The molecule has 3 rings (SSSR count). The third-order valence-electron chi connectivity index (χ3n) is 5.59. The van der Waals surface area contributed by atoms with Crippen molar-refractivity contribution in [3.8, 4) is 0 Å². The molecule has 0 heterocycles. The highest BCUT2D eigenvalue weighted by atomic mass is 16.7. The standard InChI is InChI=1S/C12H18O3/c1-7(13)14-6-15-10-5-8-4-9-11(8,2)12(9,10)3/h8-10H,4-6H2,1-3H3. The minimum atomic E-state index is -0.262. The quantitative estimate of drug-likeness (QED) is 0.527. The number of esters is 1. The molecule has 3 aliphatic carbocycles. The van der Waals surface area contributed by atoms with E-state index in [0.29, 0.717) is 16.9 Å². The number of fused-ring (bicyclic) bond motifs is 1. The molecule has 0 aliphatic heterocycles. The van der Waals surface area contributed by atoms with Crippen LogP contribution in [0.5, 0.6) is 0 Å². The normalized spacial score (nSPS) is 54.5. The van der Waals surface area contributed by atoms with Gasteiger partial charge in [0.05, 0.1) is 6.10 Å². The molecule has 3 fully saturated rings. The van der Waals surface area contributed by atoms with Crippen molar-refractivity contribution in [2.45, 2.75) is 39.7 Å². The van der Waals surface area contributed by atoms with Gasteiger partial charge < -0.3 is 9.47 Å². The maximum Gasteiger partial charge on any atom is 0.304 e. The Labute approximate surface area is 90.1 Å². The molecule has 84 valence electrons. The molecule has 3 heteroatoms. The molecule has 3 aliphatic rings. The Morgan fingerprint density at radius 3 is 2.53 bits per heavy atom. The highest BCUT2D eigenvalue weighted by Gasteiger charge is 2.86. The molecule has 0 N–H and O–H groups in total. The van der Waals surface area contributed by atoms with E-state index in [2.05, 4.69) is 13.8 Å². The van der Waals surface area contributed by atoms with E-state index >= 15 is 0 Å². The van der Waals surface area contributed by atoms with Gasteiger partial charge >= 0.3 is 5.97 Å². The largest absolute Gasteiger partial charge is 0.439 e. The molecule has 0 aromatic heterocycles. The molecule has 0 amide bonds. The highest BCUT2D eigenvalue weighted by Crippen LogP contribution is 2.89. The van der Waals surface area contributed by atoms with E-state index in [1.807, 2.05) is 0 Å². The number of ether oxygens (including phenoxy) is 2. The lowest BCUT2D eigenvalue weighted by Gasteiger charge is -2.33. The zero-order chi connectivity index (χ0) is 10.8. The lowest BCUT2D eigenvalue weighted by Crippen LogP contribution is -2.30. The summed E-state index contributed by atoms with van der Waals surface area (Å²) in [6.45, 7) is 6.27. The van der Waals surface area contributed by atoms with E-state index < -0.39 is 0 Å². The molecule has 0 saturated heterocycles. The monoisotopic (exact) mass is 210 g/mol. The predicted octanol–water partition coefficient (Wildman–Crippen LogP) is 1.96. The maximum atomic E-state index is 10.6. The molecule has 5 atom stereocenters. The molecule has 0 spiro atoms. The van der Waals surface area contributed by atoms with Crippen molar-refractivity contribution < 1.29 is 14.3 Å². The van der Waals surface area contributed by atoms with E-state index in [0.717, 1.165) is 18.3 Å². The van der Waals surface area contributed by atoms with Gasteiger partial charge in [-0.15, -0.1) is 0 Å². The molecule has 0 aromatic carbocycles. The van der Waals surface area contributed by atoms with Gasteiger partial charge in [-0.25, -0.2) is 0 Å². The minimum absolute atomic E-state index is 0.130. The van der Waals surface area contributed by atoms with Gasteiger partial charge in [-0.2, -0.15) is 0 Å². The lowest BCUT2D eigenvalue weighted by molar-refractivity contribution is -0.162. The minimum Gasteiger partial charge on any atom is -0.439 e. The van der Waals surface area contributed by atoms with Crippen molar-refractivity contribution in [3.63, 3.8) is 0 Å². The van der Waals surface area contributed by atoms with E-state index in [1.54, 1.807) is 0 Å². The molecule has 0 radical (unpaired) electrons. The summed E-state index contributed by atoms with van der Waals surface area (Å²) in [5.41, 5.74) is 0.922. The Hall–Kier alpha value is -0.570. The Kier molecular flexibility index (Phi) is 1.65. The smallest absolute Gasteiger partial charge is 0.304 e. The number of carbonyl (C=O) groups is 1. The van der Waals surface area contributed by atoms with Gasteiger partial charge in [0, 0.05) is 12.3 Å². The Morgan fingerprint density at radius 2 is 2.07 bits per heavy atom. The average molecular weight is 210 g/mol. The first-order chi connectivity index (χ1) is 7.01. The summed E-state index contributed by atoms with van der Waals surface area (Å²) in [4.78, 5) is 10.6. The van der Waals surface area contributed by atoms with Crippen LogP contribution in [-0.2, 0) is 14.3 Å². The van der Waals surface area contributed by atoms with E-state index in [9.17, 15) is 4.79 Å². The molecular weight excluding hydrogens is 192 g/mol. The van der Waals surface area contributed by atoms with Crippen LogP contribution in [0.25, 0.3) is 0 Å². The van der Waals surface area contributed by atoms with Crippen LogP contribution in [0, 0.1) is 22.7 Å². The molecule has 0 bridgehead atoms. The van der Waals surface area contributed by atoms with Crippen LogP contribution in [0.2, 0.25) is 0 Å². The van der Waals surface area contributed by atoms with Gasteiger partial charge in [0.15, 0.2) is 6.79 Å². The number of hydrogen-bond acceptors (Lipinski definition) is 3. The van der Waals surface area contributed by atoms with E-state index in [1.165, 1.54) is 13.3 Å². The van der Waals surface area contributed by atoms with Crippen LogP contribution in [0.15, 0.2) is 0 Å². The van der Waals surface area contributed by atoms with Gasteiger partial charge in [0.25, 0.3) is 0 Å². The third-order valence-corrected chi connectivity index (χ3v) is 5.59. The SMILES string of the molecule is CC(=O)OCOC1CC2CC3C2(C)C13C. The summed E-state index contributed by atoms with van der Waals surface area (Å²) in [5, 5.41) is 0. The lowest BCUT2D eigenvalue weighted by atomic mass is 9.73. The van der Waals surface area contributed by atoms with Gasteiger partial charge in [-0.3, -0.25) is 4.79 Å². The first-order valence-electron chi connectivity index (χ1n) is 5.76. The molecular formula is C12H18O3. The Bertz CT molecular complexity index is 321. The summed E-state index contributed by atoms with van der Waals surface area (Å²) >= 11 is 0. The van der Waals surface area contributed by atoms with Crippen LogP contribution in [0.4, 0.5) is 0 Å². The maximum absolute atomic E-state index is 10.6. The van der Waals surface area contributed by atoms with Crippen molar-refractivity contribution in [1.82, 2.24) is 0 Å². The number of carbonyl (C=O) groups excluding carboxylic acids is 1. The third kappa shape index (κ3) is 0.889. The van der Waals surface area contributed by atoms with Crippen molar-refractivity contribution in [1.29, 1.82) is 0 Å². The van der Waals surface area contributed by atoms with Crippen molar-refractivity contribution in [2.24, 2.45) is 22.7 Å². The van der Waals surface area contributed by atoms with Gasteiger partial charge in [0.1, 0.15) is 0 Å². The summed E-state index contributed by atoms with van der Waals surface area (Å²) in [7, 11) is 0. The number of hydrogen-bond donors (Lipinski definition) is 0. The molecule has 0 aromatic rings. The Balaban J connectivity index is 1.60. The van der Waals surface area contributed by atoms with Crippen molar-refractivity contribution >= 4 is 5.97 Å². The second-order valence-electron chi connectivity index (χ2n) is 5.70. The second kappa shape index (κ2) is 2.57. The van der Waals surface area contributed by atoms with Crippen molar-refractivity contribution in [3.05, 3.63) is 0 Å². The highest BCUT2D eigenvalue weighted by molar-refractivity contribution is 5.65. The fraction of sp³-hybridized carbons (Fsp3) is 0.917.